The van der Waals surface area contributed by atoms with Crippen LogP contribution in [0.25, 0.3) is 4.96 Å². The van der Waals surface area contributed by atoms with Gasteiger partial charge < -0.3 is 10.2 Å². The molecular weight excluding hydrogens is 280 g/mol. The topological polar surface area (TPSA) is 32.6 Å². The lowest BCUT2D eigenvalue weighted by Gasteiger charge is -2.22. The number of hydrogen-bond donors (Lipinski definition) is 1. The molecule has 1 atom stereocenters. The van der Waals surface area contributed by atoms with Crippen molar-refractivity contribution >= 4 is 22.1 Å². The van der Waals surface area contributed by atoms with Crippen LogP contribution in [-0.2, 0) is 6.54 Å². The van der Waals surface area contributed by atoms with Crippen molar-refractivity contribution in [3.63, 3.8) is 0 Å². The Morgan fingerprint density at radius 3 is 2.90 bits per heavy atom. The third-order valence-corrected chi connectivity index (χ3v) is 5.05. The highest BCUT2D eigenvalue weighted by atomic mass is 32.1. The lowest BCUT2D eigenvalue weighted by atomic mass is 10.1. The van der Waals surface area contributed by atoms with E-state index in [1.165, 1.54) is 24.4 Å². The second kappa shape index (κ2) is 5.61. The summed E-state index contributed by atoms with van der Waals surface area (Å²) in [5, 5.41) is 5.73. The molecule has 1 N–H and O–H groups in total. The second-order valence-corrected chi connectivity index (χ2v) is 7.92. The summed E-state index contributed by atoms with van der Waals surface area (Å²) in [7, 11) is 0. The minimum Gasteiger partial charge on any atom is -0.355 e. The van der Waals surface area contributed by atoms with Crippen LogP contribution in [0.1, 0.15) is 46.2 Å². The largest absolute Gasteiger partial charge is 0.355 e. The van der Waals surface area contributed by atoms with Crippen LogP contribution in [0.3, 0.4) is 0 Å². The van der Waals surface area contributed by atoms with Crippen LogP contribution in [-0.4, -0.2) is 28.0 Å². The molecule has 0 bridgehead atoms. The van der Waals surface area contributed by atoms with Crippen molar-refractivity contribution < 1.29 is 0 Å². The molecule has 5 heteroatoms. The van der Waals surface area contributed by atoms with Gasteiger partial charge in [-0.3, -0.25) is 4.40 Å². The van der Waals surface area contributed by atoms with Gasteiger partial charge in [0.05, 0.1) is 5.69 Å². The van der Waals surface area contributed by atoms with Gasteiger partial charge in [-0.2, -0.15) is 0 Å². The summed E-state index contributed by atoms with van der Waals surface area (Å²) >= 11 is 1.72. The molecule has 21 heavy (non-hydrogen) atoms. The third-order valence-electron chi connectivity index (χ3n) is 4.29. The van der Waals surface area contributed by atoms with Crippen LogP contribution in [0.15, 0.2) is 11.6 Å². The first kappa shape index (κ1) is 14.9. The fourth-order valence-electron chi connectivity index (χ4n) is 2.95. The van der Waals surface area contributed by atoms with Gasteiger partial charge in [0.1, 0.15) is 0 Å². The third kappa shape index (κ3) is 3.09. The van der Waals surface area contributed by atoms with E-state index in [4.69, 9.17) is 4.98 Å². The molecule has 116 valence electrons. The number of hydrogen-bond acceptors (Lipinski definition) is 4. The molecule has 4 nitrogen and oxygen atoms in total. The van der Waals surface area contributed by atoms with Gasteiger partial charge in [0.15, 0.2) is 10.8 Å². The molecule has 1 fully saturated rings. The van der Waals surface area contributed by atoms with Gasteiger partial charge >= 0.3 is 0 Å². The number of nitrogens with zero attached hydrogens (tertiary/aromatic N) is 3. The van der Waals surface area contributed by atoms with Crippen molar-refractivity contribution in [2.24, 2.45) is 5.92 Å². The summed E-state index contributed by atoms with van der Waals surface area (Å²) < 4.78 is 2.25. The summed E-state index contributed by atoms with van der Waals surface area (Å²) in [4.78, 5) is 8.48. The zero-order chi connectivity index (χ0) is 15.0. The van der Waals surface area contributed by atoms with E-state index >= 15 is 0 Å². The summed E-state index contributed by atoms with van der Waals surface area (Å²) in [5.41, 5.74) is 1.42. The first-order valence-corrected chi connectivity index (χ1v) is 8.80. The van der Waals surface area contributed by atoms with Crippen LogP contribution in [0.2, 0.25) is 0 Å². The van der Waals surface area contributed by atoms with Crippen LogP contribution < -0.4 is 10.2 Å². The molecule has 2 aromatic heterocycles. The number of nitrogens with one attached hydrogen (secondary N) is 1. The Kier molecular flexibility index (Phi) is 3.97. The summed E-state index contributed by atoms with van der Waals surface area (Å²) in [6.45, 7) is 12.1. The highest BCUT2D eigenvalue weighted by molar-refractivity contribution is 7.15. The molecule has 0 radical (unpaired) electrons. The van der Waals surface area contributed by atoms with E-state index in [9.17, 15) is 0 Å². The predicted octanol–water partition coefficient (Wildman–Crippen LogP) is 3.52. The van der Waals surface area contributed by atoms with E-state index in [1.807, 2.05) is 0 Å². The number of anilines is 1. The van der Waals surface area contributed by atoms with E-state index in [0.717, 1.165) is 30.5 Å². The van der Waals surface area contributed by atoms with E-state index in [2.05, 4.69) is 53.9 Å². The van der Waals surface area contributed by atoms with E-state index in [-0.39, 0.29) is 5.54 Å². The van der Waals surface area contributed by atoms with Gasteiger partial charge in [-0.05, 0) is 33.1 Å². The van der Waals surface area contributed by atoms with Crippen molar-refractivity contribution in [3.05, 3.63) is 17.3 Å². The highest BCUT2D eigenvalue weighted by Gasteiger charge is 2.26. The van der Waals surface area contributed by atoms with Crippen LogP contribution >= 0.6 is 11.3 Å². The maximum Gasteiger partial charge on any atom is 0.195 e. The number of fused-ring (bicyclic) bond motifs is 1. The van der Waals surface area contributed by atoms with Crippen molar-refractivity contribution in [2.45, 2.75) is 52.6 Å². The molecule has 3 rings (SSSR count). The lowest BCUT2D eigenvalue weighted by Crippen LogP contribution is -2.36. The minimum absolute atomic E-state index is 0.119. The van der Waals surface area contributed by atoms with Gasteiger partial charge in [0.25, 0.3) is 0 Å². The number of rotatable bonds is 4. The molecule has 0 aliphatic carbocycles. The smallest absolute Gasteiger partial charge is 0.195 e. The van der Waals surface area contributed by atoms with Gasteiger partial charge in [-0.25, -0.2) is 4.98 Å². The quantitative estimate of drug-likeness (QED) is 0.938. The maximum atomic E-state index is 4.89. The molecule has 3 heterocycles. The average molecular weight is 306 g/mol. The Morgan fingerprint density at radius 1 is 1.43 bits per heavy atom. The molecule has 1 unspecified atom stereocenters. The molecule has 2 aromatic rings. The standard InChI is InChI=1S/C16H26N4S/c1-5-12-6-7-19(11-12)14-13(10-17-16(2,3)4)20-8-9-21-15(20)18-14/h8-9,12,17H,5-7,10-11H2,1-4H3. The van der Waals surface area contributed by atoms with Gasteiger partial charge in [-0.15, -0.1) is 11.3 Å². The zero-order valence-electron chi connectivity index (χ0n) is 13.5. The van der Waals surface area contributed by atoms with Crippen LogP contribution in [0.4, 0.5) is 5.82 Å². The predicted molar refractivity (Wildman–Crippen MR) is 90.3 cm³/mol. The Balaban J connectivity index is 1.89. The van der Waals surface area contributed by atoms with Crippen molar-refractivity contribution in [3.8, 4) is 0 Å². The lowest BCUT2D eigenvalue weighted by molar-refractivity contribution is 0.420. The van der Waals surface area contributed by atoms with Crippen molar-refractivity contribution in [1.29, 1.82) is 0 Å². The van der Waals surface area contributed by atoms with Crippen molar-refractivity contribution in [2.75, 3.05) is 18.0 Å². The number of thiazole rings is 1. The Hall–Kier alpha value is -1.07. The summed E-state index contributed by atoms with van der Waals surface area (Å²) in [5.74, 6) is 2.02. The van der Waals surface area contributed by atoms with E-state index < -0.39 is 0 Å². The Bertz CT molecular complexity index is 607. The number of aromatic nitrogens is 2. The average Bonchev–Trinajstić information content (AvgIpc) is 3.10. The zero-order valence-corrected chi connectivity index (χ0v) is 14.3. The summed E-state index contributed by atoms with van der Waals surface area (Å²) in [6.07, 6.45) is 4.71. The van der Waals surface area contributed by atoms with E-state index in [1.54, 1.807) is 11.3 Å². The van der Waals surface area contributed by atoms with Gasteiger partial charge in [0, 0.05) is 36.8 Å². The second-order valence-electron chi connectivity index (χ2n) is 7.05. The molecule has 0 amide bonds. The van der Waals surface area contributed by atoms with E-state index in [0.29, 0.717) is 0 Å². The van der Waals surface area contributed by atoms with Crippen LogP contribution in [0, 0.1) is 5.92 Å². The Morgan fingerprint density at radius 2 is 2.24 bits per heavy atom. The Labute approximate surface area is 131 Å². The normalized spacial score (nSPS) is 19.8. The van der Waals surface area contributed by atoms with Gasteiger partial charge in [0.2, 0.25) is 0 Å². The molecule has 0 aromatic carbocycles. The SMILES string of the molecule is CCC1CCN(c2nc3sccn3c2CNC(C)(C)C)C1. The van der Waals surface area contributed by atoms with Crippen molar-refractivity contribution in [1.82, 2.24) is 14.7 Å². The fourth-order valence-corrected chi connectivity index (χ4v) is 3.67. The maximum absolute atomic E-state index is 4.89. The molecule has 0 saturated carbocycles. The minimum atomic E-state index is 0.119. The first-order valence-electron chi connectivity index (χ1n) is 7.92. The van der Waals surface area contributed by atoms with Crippen LogP contribution in [0.5, 0.6) is 0 Å². The number of imidazole rings is 1. The molecule has 1 saturated heterocycles. The molecule has 1 aliphatic heterocycles. The van der Waals surface area contributed by atoms with Gasteiger partial charge in [-0.1, -0.05) is 13.3 Å². The monoisotopic (exact) mass is 306 g/mol. The molecule has 1 aliphatic rings. The molecular formula is C16H26N4S. The first-order chi connectivity index (χ1) is 9.98. The fraction of sp³-hybridized carbons (Fsp3) is 0.688. The highest BCUT2D eigenvalue weighted by Crippen LogP contribution is 2.30. The molecule has 0 spiro atoms. The summed E-state index contributed by atoms with van der Waals surface area (Å²) in [6, 6.07) is 0.